The zero-order valence-corrected chi connectivity index (χ0v) is 11.2. The Bertz CT molecular complexity index is 654. The molecule has 0 heterocycles. The number of rotatable bonds is 4. The first-order chi connectivity index (χ1) is 10.1. The molecule has 0 fully saturated rings. The third kappa shape index (κ3) is 3.73. The van der Waals surface area contributed by atoms with E-state index in [0.717, 1.165) is 0 Å². The second-order valence-electron chi connectivity index (χ2n) is 4.04. The van der Waals surface area contributed by atoms with Crippen molar-refractivity contribution < 1.29 is 24.2 Å². The van der Waals surface area contributed by atoms with Crippen molar-refractivity contribution in [2.24, 2.45) is 0 Å². The number of ether oxygens (including phenoxy) is 2. The van der Waals surface area contributed by atoms with Crippen LogP contribution in [0.25, 0.3) is 0 Å². The van der Waals surface area contributed by atoms with Crippen LogP contribution in [0, 0.1) is 0 Å². The maximum absolute atomic E-state index is 11.8. The molecule has 0 bridgehead atoms. The maximum atomic E-state index is 11.8. The summed E-state index contributed by atoms with van der Waals surface area (Å²) in [6.45, 7) is 0. The number of carbonyl (C=O) groups excluding carboxylic acids is 1. The molecule has 0 radical (unpaired) electrons. The van der Waals surface area contributed by atoms with Crippen LogP contribution >= 0.6 is 0 Å². The van der Waals surface area contributed by atoms with E-state index in [9.17, 15) is 9.59 Å². The fourth-order valence-electron chi connectivity index (χ4n) is 1.67. The first kappa shape index (κ1) is 14.4. The predicted molar refractivity (Wildman–Crippen MR) is 76.0 cm³/mol. The number of hydrogen-bond donors (Lipinski definition) is 2. The van der Waals surface area contributed by atoms with Gasteiger partial charge >= 0.3 is 12.1 Å². The molecule has 2 aromatic carbocycles. The van der Waals surface area contributed by atoms with Crippen LogP contribution in [0.4, 0.5) is 10.5 Å². The summed E-state index contributed by atoms with van der Waals surface area (Å²) in [5.41, 5.74) is 0.0450. The molecule has 0 saturated heterocycles. The predicted octanol–water partition coefficient (Wildman–Crippen LogP) is 3.00. The third-order valence-electron chi connectivity index (χ3n) is 2.65. The van der Waals surface area contributed by atoms with E-state index >= 15 is 0 Å². The molecular formula is C15H13NO5. The number of carbonyl (C=O) groups is 2. The summed E-state index contributed by atoms with van der Waals surface area (Å²) in [5, 5.41) is 11.5. The Morgan fingerprint density at radius 2 is 1.76 bits per heavy atom. The quantitative estimate of drug-likeness (QED) is 0.903. The van der Waals surface area contributed by atoms with E-state index in [1.54, 1.807) is 36.4 Å². The Hall–Kier alpha value is -3.02. The first-order valence-electron chi connectivity index (χ1n) is 6.05. The van der Waals surface area contributed by atoms with Gasteiger partial charge in [0.2, 0.25) is 0 Å². The molecule has 2 N–H and O–H groups in total. The topological polar surface area (TPSA) is 84.9 Å². The molecule has 108 valence electrons. The van der Waals surface area contributed by atoms with E-state index in [-0.39, 0.29) is 11.3 Å². The van der Waals surface area contributed by atoms with Crippen molar-refractivity contribution in [3.05, 3.63) is 54.1 Å². The van der Waals surface area contributed by atoms with Crippen LogP contribution < -0.4 is 14.8 Å². The number of nitrogens with one attached hydrogen (secondary N) is 1. The van der Waals surface area contributed by atoms with E-state index in [1.165, 1.54) is 19.2 Å². The monoisotopic (exact) mass is 287 g/mol. The smallest absolute Gasteiger partial charge is 0.417 e. The standard InChI is InChI=1S/C15H13NO5/c1-20-11-7-8-13(12(9-11)14(17)18)16-15(19)21-10-5-3-2-4-6-10/h2-9H,1H3,(H,16,19)(H,17,18). The molecule has 0 aliphatic rings. The number of carboxylic acids is 1. The lowest BCUT2D eigenvalue weighted by Crippen LogP contribution is -2.18. The van der Waals surface area contributed by atoms with Crippen LogP contribution in [-0.2, 0) is 0 Å². The highest BCUT2D eigenvalue weighted by Crippen LogP contribution is 2.22. The van der Waals surface area contributed by atoms with Gasteiger partial charge in [0, 0.05) is 0 Å². The molecule has 6 heteroatoms. The Morgan fingerprint density at radius 1 is 1.05 bits per heavy atom. The number of hydrogen-bond acceptors (Lipinski definition) is 4. The number of carboxylic acid groups (broad SMARTS) is 1. The lowest BCUT2D eigenvalue weighted by molar-refractivity contribution is 0.0697. The summed E-state index contributed by atoms with van der Waals surface area (Å²) >= 11 is 0. The number of amides is 1. The van der Waals surface area contributed by atoms with Gasteiger partial charge in [-0.1, -0.05) is 18.2 Å². The van der Waals surface area contributed by atoms with Crippen LogP contribution in [0.2, 0.25) is 0 Å². The Kier molecular flexibility index (Phi) is 4.40. The first-order valence-corrected chi connectivity index (χ1v) is 6.05. The largest absolute Gasteiger partial charge is 0.497 e. The number of methoxy groups -OCH3 is 1. The van der Waals surface area contributed by atoms with Gasteiger partial charge in [-0.2, -0.15) is 0 Å². The van der Waals surface area contributed by atoms with E-state index in [2.05, 4.69) is 5.32 Å². The Morgan fingerprint density at radius 3 is 2.38 bits per heavy atom. The summed E-state index contributed by atoms with van der Waals surface area (Å²) in [6.07, 6.45) is -0.770. The fraction of sp³-hybridized carbons (Fsp3) is 0.0667. The van der Waals surface area contributed by atoms with Crippen LogP contribution in [0.3, 0.4) is 0 Å². The molecule has 0 aromatic heterocycles. The van der Waals surface area contributed by atoms with Gasteiger partial charge in [-0.25, -0.2) is 9.59 Å². The molecule has 0 aliphatic heterocycles. The van der Waals surface area contributed by atoms with E-state index < -0.39 is 12.1 Å². The molecule has 21 heavy (non-hydrogen) atoms. The summed E-state index contributed by atoms with van der Waals surface area (Å²) in [7, 11) is 1.43. The van der Waals surface area contributed by atoms with Crippen LogP contribution in [0.1, 0.15) is 10.4 Å². The van der Waals surface area contributed by atoms with Gasteiger partial charge in [-0.05, 0) is 30.3 Å². The summed E-state index contributed by atoms with van der Waals surface area (Å²) in [4.78, 5) is 22.9. The minimum absolute atomic E-state index is 0.0839. The molecule has 1 amide bonds. The average Bonchev–Trinajstić information content (AvgIpc) is 2.48. The SMILES string of the molecule is COc1ccc(NC(=O)Oc2ccccc2)c(C(=O)O)c1. The second-order valence-corrected chi connectivity index (χ2v) is 4.04. The average molecular weight is 287 g/mol. The highest BCUT2D eigenvalue weighted by molar-refractivity contribution is 5.99. The van der Waals surface area contributed by atoms with Crippen LogP contribution in [0.5, 0.6) is 11.5 Å². The zero-order chi connectivity index (χ0) is 15.2. The molecule has 0 spiro atoms. The van der Waals surface area contributed by atoms with E-state index in [1.807, 2.05) is 0 Å². The van der Waals surface area contributed by atoms with E-state index in [0.29, 0.717) is 11.5 Å². The second kappa shape index (κ2) is 6.42. The highest BCUT2D eigenvalue weighted by Gasteiger charge is 2.14. The van der Waals surface area contributed by atoms with Crippen LogP contribution in [-0.4, -0.2) is 24.3 Å². The van der Waals surface area contributed by atoms with Gasteiger partial charge in [0.25, 0.3) is 0 Å². The molecule has 0 saturated carbocycles. The van der Waals surface area contributed by atoms with E-state index in [4.69, 9.17) is 14.6 Å². The number of para-hydroxylation sites is 1. The van der Waals surface area contributed by atoms with Crippen molar-refractivity contribution in [1.82, 2.24) is 0 Å². The van der Waals surface area contributed by atoms with Gasteiger partial charge < -0.3 is 14.6 Å². The highest BCUT2D eigenvalue weighted by atomic mass is 16.6. The van der Waals surface area contributed by atoms with Gasteiger partial charge in [0.05, 0.1) is 18.4 Å². The lowest BCUT2D eigenvalue weighted by atomic mass is 10.1. The van der Waals surface area contributed by atoms with Crippen molar-refractivity contribution in [2.45, 2.75) is 0 Å². The minimum Gasteiger partial charge on any atom is -0.497 e. The van der Waals surface area contributed by atoms with Crippen LogP contribution in [0.15, 0.2) is 48.5 Å². The number of aromatic carboxylic acids is 1. The number of anilines is 1. The number of benzene rings is 2. The molecule has 0 aliphatic carbocycles. The van der Waals surface area contributed by atoms with Crippen molar-refractivity contribution in [2.75, 3.05) is 12.4 Å². The maximum Gasteiger partial charge on any atom is 0.417 e. The van der Waals surface area contributed by atoms with Gasteiger partial charge in [0.1, 0.15) is 11.5 Å². The molecule has 6 nitrogen and oxygen atoms in total. The fourth-order valence-corrected chi connectivity index (χ4v) is 1.67. The summed E-state index contributed by atoms with van der Waals surface area (Å²) < 4.78 is 9.99. The molecular weight excluding hydrogens is 274 g/mol. The Balaban J connectivity index is 2.15. The normalized spacial score (nSPS) is 9.76. The lowest BCUT2D eigenvalue weighted by Gasteiger charge is -2.10. The van der Waals surface area contributed by atoms with Crippen molar-refractivity contribution in [1.29, 1.82) is 0 Å². The Labute approximate surface area is 120 Å². The minimum atomic E-state index is -1.18. The molecule has 2 aromatic rings. The summed E-state index contributed by atoms with van der Waals surface area (Å²) in [6, 6.07) is 12.8. The van der Waals surface area contributed by atoms with Crippen molar-refractivity contribution in [3.8, 4) is 11.5 Å². The van der Waals surface area contributed by atoms with Crippen molar-refractivity contribution in [3.63, 3.8) is 0 Å². The van der Waals surface area contributed by atoms with Crippen molar-refractivity contribution >= 4 is 17.7 Å². The molecule has 0 unspecified atom stereocenters. The van der Waals surface area contributed by atoms with Gasteiger partial charge in [0.15, 0.2) is 0 Å². The van der Waals surface area contributed by atoms with Gasteiger partial charge in [-0.15, -0.1) is 0 Å². The molecule has 0 atom stereocenters. The van der Waals surface area contributed by atoms with Gasteiger partial charge in [-0.3, -0.25) is 5.32 Å². The zero-order valence-electron chi connectivity index (χ0n) is 11.2. The molecule has 2 rings (SSSR count). The summed E-state index contributed by atoms with van der Waals surface area (Å²) in [5.74, 6) is -0.432. The third-order valence-corrected chi connectivity index (χ3v) is 2.65.